The fourth-order valence-electron chi connectivity index (χ4n) is 3.76. The first-order valence-corrected chi connectivity index (χ1v) is 9.77. The molecule has 0 spiro atoms. The van der Waals surface area contributed by atoms with Gasteiger partial charge < -0.3 is 25.2 Å². The summed E-state index contributed by atoms with van der Waals surface area (Å²) >= 11 is 0. The van der Waals surface area contributed by atoms with Gasteiger partial charge in [-0.05, 0) is 36.2 Å². The maximum Gasteiger partial charge on any atom is 0.225 e. The third kappa shape index (κ3) is 3.99. The summed E-state index contributed by atoms with van der Waals surface area (Å²) in [5.41, 5.74) is 5.19. The lowest BCUT2D eigenvalue weighted by atomic mass is 10.1. The first kappa shape index (κ1) is 19.1. The molecule has 1 saturated heterocycles. The van der Waals surface area contributed by atoms with Crippen molar-refractivity contribution < 1.29 is 14.3 Å². The van der Waals surface area contributed by atoms with Crippen LogP contribution in [0.3, 0.4) is 0 Å². The molecule has 2 aliphatic heterocycles. The lowest BCUT2D eigenvalue weighted by molar-refractivity contribution is -0.128. The minimum absolute atomic E-state index is 0.0278. The highest BCUT2D eigenvalue weighted by atomic mass is 16.5. The number of hydrogen-bond donors (Lipinski definition) is 2. The molecule has 0 aromatic heterocycles. The van der Waals surface area contributed by atoms with Gasteiger partial charge in [0.2, 0.25) is 11.8 Å². The minimum atomic E-state index is -0.254. The normalized spacial score (nSPS) is 17.9. The van der Waals surface area contributed by atoms with E-state index in [1.54, 1.807) is 11.9 Å². The van der Waals surface area contributed by atoms with Crippen molar-refractivity contribution in [2.75, 3.05) is 37.6 Å². The quantitative estimate of drug-likeness (QED) is 0.816. The summed E-state index contributed by atoms with van der Waals surface area (Å²) in [6.45, 7) is 3.56. The first-order valence-electron chi connectivity index (χ1n) is 9.77. The monoisotopic (exact) mass is 394 g/mol. The molecule has 2 aromatic rings. The summed E-state index contributed by atoms with van der Waals surface area (Å²) in [5, 5.41) is 6.39. The van der Waals surface area contributed by atoms with Gasteiger partial charge in [-0.25, -0.2) is 0 Å². The highest BCUT2D eigenvalue weighted by Gasteiger charge is 2.31. The molecule has 0 saturated carbocycles. The summed E-state index contributed by atoms with van der Waals surface area (Å²) in [7, 11) is 3.74. The van der Waals surface area contributed by atoms with Crippen LogP contribution in [0.15, 0.2) is 36.4 Å². The largest absolute Gasteiger partial charge is 0.471 e. The van der Waals surface area contributed by atoms with E-state index in [0.717, 1.165) is 33.9 Å². The Morgan fingerprint density at radius 2 is 2.00 bits per heavy atom. The van der Waals surface area contributed by atoms with Gasteiger partial charge in [0.15, 0.2) is 6.73 Å². The Kier molecular flexibility index (Phi) is 5.05. The highest BCUT2D eigenvalue weighted by Crippen LogP contribution is 2.36. The summed E-state index contributed by atoms with van der Waals surface area (Å²) in [4.78, 5) is 27.6. The predicted octanol–water partition coefficient (Wildman–Crippen LogP) is 2.62. The van der Waals surface area contributed by atoms with E-state index in [2.05, 4.69) is 27.7 Å². The average molecular weight is 394 g/mol. The second kappa shape index (κ2) is 7.66. The average Bonchev–Trinajstić information content (AvgIpc) is 3.24. The molecular formula is C22H26N4O3. The van der Waals surface area contributed by atoms with Gasteiger partial charge in [0.25, 0.3) is 0 Å². The maximum atomic E-state index is 12.3. The van der Waals surface area contributed by atoms with Crippen LogP contribution in [0.2, 0.25) is 0 Å². The van der Waals surface area contributed by atoms with Crippen LogP contribution in [0.25, 0.3) is 0 Å². The number of nitrogens with zero attached hydrogens (tertiary/aromatic N) is 2. The Bertz CT molecular complexity index is 959. The van der Waals surface area contributed by atoms with Gasteiger partial charge in [0.05, 0.1) is 11.6 Å². The van der Waals surface area contributed by atoms with Crippen LogP contribution >= 0.6 is 0 Å². The van der Waals surface area contributed by atoms with Gasteiger partial charge in [0.1, 0.15) is 5.75 Å². The fraction of sp³-hybridized carbons (Fsp3) is 0.364. The van der Waals surface area contributed by atoms with Gasteiger partial charge in [-0.2, -0.15) is 0 Å². The Labute approximate surface area is 170 Å². The number of anilines is 3. The molecule has 1 atom stereocenters. The summed E-state index contributed by atoms with van der Waals surface area (Å²) in [5.74, 6) is 0.590. The molecule has 2 N–H and O–H groups in total. The molecule has 7 heteroatoms. The molecule has 0 bridgehead atoms. The Balaban J connectivity index is 1.37. The highest BCUT2D eigenvalue weighted by molar-refractivity contribution is 5.89. The molecule has 2 aromatic carbocycles. The number of ether oxygens (including phenoxy) is 1. The van der Waals surface area contributed by atoms with Crippen molar-refractivity contribution in [1.29, 1.82) is 0 Å². The smallest absolute Gasteiger partial charge is 0.225 e. The Morgan fingerprint density at radius 3 is 2.72 bits per heavy atom. The van der Waals surface area contributed by atoms with Crippen molar-refractivity contribution in [3.8, 4) is 5.75 Å². The van der Waals surface area contributed by atoms with Crippen LogP contribution in [-0.2, 0) is 16.1 Å². The van der Waals surface area contributed by atoms with Crippen LogP contribution in [0.1, 0.15) is 17.5 Å². The lowest BCUT2D eigenvalue weighted by Gasteiger charge is -2.14. The van der Waals surface area contributed by atoms with Gasteiger partial charge >= 0.3 is 0 Å². The molecule has 2 heterocycles. The standard InChI is InChI=1S/C22H26N4O3/c1-14-8-15(11-23-22(28)16-9-21(27)25(2)12-16)4-6-18(14)24-17-5-7-19-20(10-17)29-13-26(19)3/h4-8,10,16,24H,9,11-13H2,1-3H3,(H,23,28). The van der Waals surface area contributed by atoms with Crippen molar-refractivity contribution in [1.82, 2.24) is 10.2 Å². The van der Waals surface area contributed by atoms with E-state index in [4.69, 9.17) is 4.74 Å². The molecule has 7 nitrogen and oxygen atoms in total. The zero-order valence-electron chi connectivity index (χ0n) is 17.0. The van der Waals surface area contributed by atoms with E-state index < -0.39 is 0 Å². The number of likely N-dealkylation sites (tertiary alicyclic amines) is 1. The number of fused-ring (bicyclic) bond motifs is 1. The number of carbonyl (C=O) groups is 2. The molecule has 0 radical (unpaired) electrons. The van der Waals surface area contributed by atoms with Crippen molar-refractivity contribution in [2.45, 2.75) is 19.9 Å². The molecular weight excluding hydrogens is 368 g/mol. The van der Waals surface area contributed by atoms with E-state index in [9.17, 15) is 9.59 Å². The SMILES string of the molecule is Cc1cc(CNC(=O)C2CC(=O)N(C)C2)ccc1Nc1ccc2c(c1)OCN2C. The second-order valence-corrected chi connectivity index (χ2v) is 7.82. The van der Waals surface area contributed by atoms with Crippen molar-refractivity contribution in [2.24, 2.45) is 5.92 Å². The number of nitrogens with one attached hydrogen (secondary N) is 2. The Hall–Kier alpha value is -3.22. The van der Waals surface area contributed by atoms with Crippen molar-refractivity contribution in [3.05, 3.63) is 47.5 Å². The predicted molar refractivity (Wildman–Crippen MR) is 112 cm³/mol. The Morgan fingerprint density at radius 1 is 1.17 bits per heavy atom. The van der Waals surface area contributed by atoms with Crippen molar-refractivity contribution in [3.63, 3.8) is 0 Å². The number of carbonyl (C=O) groups excluding carboxylic acids is 2. The topological polar surface area (TPSA) is 73.9 Å². The zero-order chi connectivity index (χ0) is 20.5. The van der Waals surface area contributed by atoms with E-state index in [1.807, 2.05) is 38.2 Å². The molecule has 152 valence electrons. The summed E-state index contributed by atoms with van der Waals surface area (Å²) in [6.07, 6.45) is 0.296. The van der Waals surface area contributed by atoms with Crippen LogP contribution < -0.4 is 20.3 Å². The van der Waals surface area contributed by atoms with Crippen LogP contribution in [0.4, 0.5) is 17.1 Å². The number of hydrogen-bond acceptors (Lipinski definition) is 5. The van der Waals surface area contributed by atoms with Crippen LogP contribution in [0.5, 0.6) is 5.75 Å². The number of amides is 2. The number of benzene rings is 2. The number of rotatable bonds is 5. The zero-order valence-corrected chi connectivity index (χ0v) is 17.0. The molecule has 29 heavy (non-hydrogen) atoms. The maximum absolute atomic E-state index is 12.3. The van der Waals surface area contributed by atoms with Gasteiger partial charge in [-0.3, -0.25) is 9.59 Å². The first-order chi connectivity index (χ1) is 13.9. The van der Waals surface area contributed by atoms with Crippen LogP contribution in [-0.4, -0.2) is 44.1 Å². The fourth-order valence-corrected chi connectivity index (χ4v) is 3.76. The van der Waals surface area contributed by atoms with E-state index in [-0.39, 0.29) is 17.7 Å². The van der Waals surface area contributed by atoms with E-state index in [0.29, 0.717) is 26.2 Å². The number of aryl methyl sites for hydroxylation is 1. The molecule has 0 aliphatic carbocycles. The molecule has 2 amide bonds. The summed E-state index contributed by atoms with van der Waals surface area (Å²) in [6, 6.07) is 12.2. The van der Waals surface area contributed by atoms with E-state index in [1.165, 1.54) is 0 Å². The molecule has 2 aliphatic rings. The second-order valence-electron chi connectivity index (χ2n) is 7.82. The van der Waals surface area contributed by atoms with Gasteiger partial charge in [-0.1, -0.05) is 12.1 Å². The third-order valence-electron chi connectivity index (χ3n) is 5.53. The van der Waals surface area contributed by atoms with Gasteiger partial charge in [-0.15, -0.1) is 0 Å². The van der Waals surface area contributed by atoms with Gasteiger partial charge in [0, 0.05) is 51.0 Å². The van der Waals surface area contributed by atoms with Crippen molar-refractivity contribution >= 4 is 28.9 Å². The third-order valence-corrected chi connectivity index (χ3v) is 5.53. The molecule has 1 fully saturated rings. The summed E-state index contributed by atoms with van der Waals surface area (Å²) < 4.78 is 5.67. The lowest BCUT2D eigenvalue weighted by Crippen LogP contribution is -2.31. The van der Waals surface area contributed by atoms with Crippen LogP contribution in [0, 0.1) is 12.8 Å². The minimum Gasteiger partial charge on any atom is -0.471 e. The molecule has 1 unspecified atom stereocenters. The molecule has 4 rings (SSSR count). The van der Waals surface area contributed by atoms with E-state index >= 15 is 0 Å².